The zero-order valence-electron chi connectivity index (χ0n) is 10.2. The number of carbonyl (C=O) groups is 2. The molecular weight excluding hydrogens is 292 g/mol. The molecule has 9 heteroatoms. The van der Waals surface area contributed by atoms with Crippen LogP contribution in [0, 0.1) is 0 Å². The van der Waals surface area contributed by atoms with Crippen molar-refractivity contribution in [2.45, 2.75) is 17.6 Å². The standard InChI is InChI=1S/C10H14N2O5S2/c1-2-7-3-4-10(18-7)19(16,17)12(5-8(11)13)6-9(14)15/h3-4H,2,5-6H2,1H3,(H2,11,13)(H,14,15). The molecule has 0 aliphatic heterocycles. The minimum Gasteiger partial charge on any atom is -0.480 e. The Bertz CT molecular complexity index is 562. The Hall–Kier alpha value is -1.45. The first-order valence-corrected chi connectivity index (χ1v) is 7.62. The van der Waals surface area contributed by atoms with Gasteiger partial charge in [-0.25, -0.2) is 8.42 Å². The number of amides is 1. The molecule has 19 heavy (non-hydrogen) atoms. The van der Waals surface area contributed by atoms with E-state index in [9.17, 15) is 18.0 Å². The fraction of sp³-hybridized carbons (Fsp3) is 0.400. The van der Waals surface area contributed by atoms with Crippen LogP contribution >= 0.6 is 11.3 Å². The van der Waals surface area contributed by atoms with Gasteiger partial charge in [0.15, 0.2) is 0 Å². The van der Waals surface area contributed by atoms with Gasteiger partial charge in [-0.15, -0.1) is 11.3 Å². The topological polar surface area (TPSA) is 118 Å². The second-order valence-electron chi connectivity index (χ2n) is 3.71. The molecule has 106 valence electrons. The predicted octanol–water partition coefficient (Wildman–Crippen LogP) is -0.129. The molecule has 7 nitrogen and oxygen atoms in total. The first-order valence-electron chi connectivity index (χ1n) is 5.36. The van der Waals surface area contributed by atoms with Crippen molar-refractivity contribution in [3.8, 4) is 0 Å². The van der Waals surface area contributed by atoms with Crippen molar-refractivity contribution in [1.82, 2.24) is 4.31 Å². The molecule has 1 heterocycles. The molecule has 1 aromatic rings. The summed E-state index contributed by atoms with van der Waals surface area (Å²) < 4.78 is 25.0. The first-order chi connectivity index (χ1) is 8.77. The van der Waals surface area contributed by atoms with Crippen molar-refractivity contribution in [1.29, 1.82) is 0 Å². The molecule has 0 aliphatic carbocycles. The number of hydrogen-bond donors (Lipinski definition) is 2. The van der Waals surface area contributed by atoms with Gasteiger partial charge in [0.2, 0.25) is 5.91 Å². The summed E-state index contributed by atoms with van der Waals surface area (Å²) in [7, 11) is -4.01. The Morgan fingerprint density at radius 1 is 1.37 bits per heavy atom. The third-order valence-corrected chi connectivity index (χ3v) is 5.71. The number of carboxylic acids is 1. The van der Waals surface area contributed by atoms with E-state index in [2.05, 4.69) is 0 Å². The number of carboxylic acid groups (broad SMARTS) is 1. The summed E-state index contributed by atoms with van der Waals surface area (Å²) in [5, 5.41) is 8.70. The van der Waals surface area contributed by atoms with Gasteiger partial charge in [-0.1, -0.05) is 6.92 Å². The number of thiophene rings is 1. The zero-order valence-corrected chi connectivity index (χ0v) is 11.8. The van der Waals surface area contributed by atoms with E-state index < -0.39 is 35.0 Å². The lowest BCUT2D eigenvalue weighted by Crippen LogP contribution is -2.41. The highest BCUT2D eigenvalue weighted by molar-refractivity contribution is 7.91. The van der Waals surface area contributed by atoms with Gasteiger partial charge in [0.25, 0.3) is 10.0 Å². The Balaban J connectivity index is 3.10. The van der Waals surface area contributed by atoms with Crippen molar-refractivity contribution in [2.75, 3.05) is 13.1 Å². The Morgan fingerprint density at radius 2 is 2.00 bits per heavy atom. The van der Waals surface area contributed by atoms with Crippen LogP contribution < -0.4 is 5.73 Å². The maximum Gasteiger partial charge on any atom is 0.318 e. The molecule has 0 atom stereocenters. The monoisotopic (exact) mass is 306 g/mol. The molecule has 0 saturated heterocycles. The summed E-state index contributed by atoms with van der Waals surface area (Å²) in [4.78, 5) is 22.4. The molecule has 3 N–H and O–H groups in total. The fourth-order valence-electron chi connectivity index (χ4n) is 1.36. The molecule has 0 bridgehead atoms. The van der Waals surface area contributed by atoms with E-state index in [0.717, 1.165) is 16.2 Å². The summed E-state index contributed by atoms with van der Waals surface area (Å²) in [5.41, 5.74) is 4.94. The van der Waals surface area contributed by atoms with Crippen LogP contribution in [-0.4, -0.2) is 42.8 Å². The Kier molecular flexibility index (Phi) is 5.04. The van der Waals surface area contributed by atoms with Crippen molar-refractivity contribution in [3.05, 3.63) is 17.0 Å². The largest absolute Gasteiger partial charge is 0.480 e. The lowest BCUT2D eigenvalue weighted by Gasteiger charge is -2.17. The molecule has 0 aromatic carbocycles. The second kappa shape index (κ2) is 6.13. The van der Waals surface area contributed by atoms with Gasteiger partial charge in [-0.2, -0.15) is 4.31 Å². The number of nitrogens with zero attached hydrogens (tertiary/aromatic N) is 1. The van der Waals surface area contributed by atoms with E-state index in [1.807, 2.05) is 6.92 Å². The van der Waals surface area contributed by atoms with Crippen LogP contribution in [0.15, 0.2) is 16.3 Å². The summed E-state index contributed by atoms with van der Waals surface area (Å²) >= 11 is 1.05. The lowest BCUT2D eigenvalue weighted by atomic mass is 10.4. The van der Waals surface area contributed by atoms with Crippen molar-refractivity contribution >= 4 is 33.2 Å². The number of sulfonamides is 1. The van der Waals surface area contributed by atoms with Crippen LogP contribution in [0.3, 0.4) is 0 Å². The van der Waals surface area contributed by atoms with Gasteiger partial charge < -0.3 is 10.8 Å². The summed E-state index contributed by atoms with van der Waals surface area (Å²) in [6.07, 6.45) is 0.676. The third-order valence-electron chi connectivity index (χ3n) is 2.22. The predicted molar refractivity (Wildman–Crippen MR) is 69.3 cm³/mol. The highest BCUT2D eigenvalue weighted by Crippen LogP contribution is 2.25. The molecule has 1 rings (SSSR count). The maximum atomic E-state index is 12.2. The molecule has 1 amide bonds. The molecular formula is C10H14N2O5S2. The molecule has 0 radical (unpaired) electrons. The molecule has 0 spiro atoms. The van der Waals surface area contributed by atoms with Crippen LogP contribution in [0.1, 0.15) is 11.8 Å². The van der Waals surface area contributed by atoms with Gasteiger partial charge >= 0.3 is 5.97 Å². The molecule has 0 fully saturated rings. The number of rotatable bonds is 7. The highest BCUT2D eigenvalue weighted by atomic mass is 32.2. The quantitative estimate of drug-likeness (QED) is 0.727. The van der Waals surface area contributed by atoms with Gasteiger partial charge in [-0.05, 0) is 18.6 Å². The van der Waals surface area contributed by atoms with Crippen LogP contribution in [-0.2, 0) is 26.0 Å². The van der Waals surface area contributed by atoms with Gasteiger partial charge in [0.05, 0.1) is 6.54 Å². The smallest absolute Gasteiger partial charge is 0.318 e. The number of hydrogen-bond acceptors (Lipinski definition) is 5. The van der Waals surface area contributed by atoms with Crippen molar-refractivity contribution in [3.63, 3.8) is 0 Å². The van der Waals surface area contributed by atoms with E-state index >= 15 is 0 Å². The van der Waals surface area contributed by atoms with E-state index in [1.165, 1.54) is 6.07 Å². The van der Waals surface area contributed by atoms with E-state index in [1.54, 1.807) is 6.07 Å². The van der Waals surface area contributed by atoms with E-state index in [0.29, 0.717) is 10.7 Å². The Labute approximate surface area is 114 Å². The third kappa shape index (κ3) is 4.01. The molecule has 1 aromatic heterocycles. The van der Waals surface area contributed by atoms with Gasteiger partial charge in [0.1, 0.15) is 10.8 Å². The number of aryl methyl sites for hydroxylation is 1. The molecule has 0 saturated carbocycles. The number of carbonyl (C=O) groups excluding carboxylic acids is 1. The minimum atomic E-state index is -4.01. The summed E-state index contributed by atoms with van der Waals surface area (Å²) in [5.74, 6) is -2.26. The van der Waals surface area contributed by atoms with Crippen molar-refractivity contribution < 1.29 is 23.1 Å². The average Bonchev–Trinajstić information content (AvgIpc) is 2.75. The lowest BCUT2D eigenvalue weighted by molar-refractivity contribution is -0.137. The number of nitrogens with two attached hydrogens (primary N) is 1. The SMILES string of the molecule is CCc1ccc(S(=O)(=O)N(CC(N)=O)CC(=O)O)s1. The van der Waals surface area contributed by atoms with Gasteiger partial charge in [-0.3, -0.25) is 9.59 Å². The van der Waals surface area contributed by atoms with Crippen molar-refractivity contribution in [2.24, 2.45) is 5.73 Å². The average molecular weight is 306 g/mol. The van der Waals surface area contributed by atoms with Crippen LogP contribution in [0.4, 0.5) is 0 Å². The number of aliphatic carboxylic acids is 1. The number of primary amides is 1. The van der Waals surface area contributed by atoms with Crippen LogP contribution in [0.2, 0.25) is 0 Å². The maximum absolute atomic E-state index is 12.2. The van der Waals surface area contributed by atoms with E-state index in [4.69, 9.17) is 10.8 Å². The summed E-state index contributed by atoms with van der Waals surface area (Å²) in [6, 6.07) is 3.05. The zero-order chi connectivity index (χ0) is 14.6. The van der Waals surface area contributed by atoms with Crippen LogP contribution in [0.25, 0.3) is 0 Å². The second-order valence-corrected chi connectivity index (χ2v) is 7.04. The first kappa shape index (κ1) is 15.6. The molecule has 0 aliphatic rings. The van der Waals surface area contributed by atoms with E-state index in [-0.39, 0.29) is 4.21 Å². The minimum absolute atomic E-state index is 0.00634. The van der Waals surface area contributed by atoms with Gasteiger partial charge in [0, 0.05) is 4.88 Å². The normalized spacial score (nSPS) is 11.7. The Morgan fingerprint density at radius 3 is 2.42 bits per heavy atom. The van der Waals surface area contributed by atoms with Crippen LogP contribution in [0.5, 0.6) is 0 Å². The fourth-order valence-corrected chi connectivity index (χ4v) is 4.17. The molecule has 0 unspecified atom stereocenters. The summed E-state index contributed by atoms with van der Waals surface area (Å²) in [6.45, 7) is 0.416. The highest BCUT2D eigenvalue weighted by Gasteiger charge is 2.29.